The molecule has 0 aliphatic heterocycles. The molecular formula is C22H21ClN4OS. The van der Waals surface area contributed by atoms with Crippen molar-refractivity contribution in [3.05, 3.63) is 88.6 Å². The van der Waals surface area contributed by atoms with E-state index >= 15 is 0 Å². The van der Waals surface area contributed by atoms with E-state index in [1.165, 1.54) is 11.8 Å². The summed E-state index contributed by atoms with van der Waals surface area (Å²) in [4.78, 5) is 9.07. The fourth-order valence-electron chi connectivity index (χ4n) is 2.63. The number of aliphatic imine (C=N–C) groups is 1. The molecule has 7 heteroatoms. The molecule has 2 aromatic carbocycles. The molecule has 1 heterocycles. The largest absolute Gasteiger partial charge is 0.497 e. The van der Waals surface area contributed by atoms with Crippen LogP contribution < -0.4 is 10.1 Å². The van der Waals surface area contributed by atoms with Gasteiger partial charge in [0.15, 0.2) is 5.17 Å². The zero-order valence-corrected chi connectivity index (χ0v) is 17.7. The predicted octanol–water partition coefficient (Wildman–Crippen LogP) is 5.49. The van der Waals surface area contributed by atoms with Gasteiger partial charge in [-0.2, -0.15) is 0 Å². The first-order valence-electron chi connectivity index (χ1n) is 8.89. The number of thioether (sulfide) groups is 1. The van der Waals surface area contributed by atoms with Crippen molar-refractivity contribution in [3.63, 3.8) is 0 Å². The van der Waals surface area contributed by atoms with Crippen LogP contribution in [0, 0.1) is 5.41 Å². The highest BCUT2D eigenvalue weighted by molar-refractivity contribution is 8.13. The second-order valence-electron chi connectivity index (χ2n) is 6.08. The molecule has 3 aromatic rings. The third-order valence-electron chi connectivity index (χ3n) is 4.19. The van der Waals surface area contributed by atoms with E-state index in [0.717, 1.165) is 22.0 Å². The number of halogens is 1. The van der Waals surface area contributed by atoms with E-state index in [1.54, 1.807) is 25.4 Å². The van der Waals surface area contributed by atoms with Gasteiger partial charge in [0.05, 0.1) is 19.4 Å². The van der Waals surface area contributed by atoms with E-state index in [0.29, 0.717) is 28.7 Å². The Morgan fingerprint density at radius 3 is 2.52 bits per heavy atom. The summed E-state index contributed by atoms with van der Waals surface area (Å²) in [5.74, 6) is 1.41. The Hall–Kier alpha value is -2.83. The van der Waals surface area contributed by atoms with Crippen LogP contribution in [0.15, 0.2) is 71.9 Å². The number of rotatable bonds is 6. The second-order valence-corrected chi connectivity index (χ2v) is 7.31. The Labute approximate surface area is 179 Å². The monoisotopic (exact) mass is 424 g/mol. The number of methoxy groups -OCH3 is 1. The molecule has 0 unspecified atom stereocenters. The number of nitrogens with one attached hydrogen (secondary N) is 2. The highest BCUT2D eigenvalue weighted by Gasteiger charge is 2.12. The van der Waals surface area contributed by atoms with Crippen LogP contribution in [0.1, 0.15) is 16.7 Å². The van der Waals surface area contributed by atoms with Crippen LogP contribution in [0.4, 0.5) is 5.82 Å². The maximum absolute atomic E-state index is 8.58. The first-order chi connectivity index (χ1) is 14.1. The normalized spacial score (nSPS) is 11.2. The summed E-state index contributed by atoms with van der Waals surface area (Å²) < 4.78 is 5.19. The lowest BCUT2D eigenvalue weighted by molar-refractivity contribution is 0.414. The summed E-state index contributed by atoms with van der Waals surface area (Å²) in [5, 5.41) is 13.2. The smallest absolute Gasteiger partial charge is 0.162 e. The average Bonchev–Trinajstić information content (AvgIpc) is 2.77. The van der Waals surface area contributed by atoms with E-state index in [1.807, 2.05) is 54.8 Å². The molecule has 0 bridgehead atoms. The molecule has 1 aromatic heterocycles. The average molecular weight is 425 g/mol. The van der Waals surface area contributed by atoms with Gasteiger partial charge in [0.25, 0.3) is 0 Å². The summed E-state index contributed by atoms with van der Waals surface area (Å²) >= 11 is 7.46. The lowest BCUT2D eigenvalue weighted by Gasteiger charge is -2.13. The van der Waals surface area contributed by atoms with Crippen molar-refractivity contribution in [2.45, 2.75) is 6.54 Å². The summed E-state index contributed by atoms with van der Waals surface area (Å²) in [6.45, 7) is 0.532. The lowest BCUT2D eigenvalue weighted by Crippen LogP contribution is -2.14. The number of anilines is 1. The molecule has 0 aliphatic rings. The molecule has 0 atom stereocenters. The molecule has 29 heavy (non-hydrogen) atoms. The molecule has 0 aliphatic carbocycles. The van der Waals surface area contributed by atoms with Crippen LogP contribution >= 0.6 is 23.4 Å². The summed E-state index contributed by atoms with van der Waals surface area (Å²) in [5.41, 5.74) is 2.91. The van der Waals surface area contributed by atoms with E-state index in [2.05, 4.69) is 15.3 Å². The van der Waals surface area contributed by atoms with Crippen molar-refractivity contribution in [2.24, 2.45) is 4.99 Å². The van der Waals surface area contributed by atoms with Gasteiger partial charge in [-0.15, -0.1) is 0 Å². The highest BCUT2D eigenvalue weighted by Crippen LogP contribution is 2.20. The van der Waals surface area contributed by atoms with Gasteiger partial charge in [0.1, 0.15) is 11.6 Å². The molecule has 3 rings (SSSR count). The lowest BCUT2D eigenvalue weighted by atomic mass is 10.0. The Kier molecular flexibility index (Phi) is 7.27. The van der Waals surface area contributed by atoms with Crippen molar-refractivity contribution in [2.75, 3.05) is 18.7 Å². The van der Waals surface area contributed by atoms with Gasteiger partial charge in [-0.25, -0.2) is 4.98 Å². The number of benzene rings is 2. The number of hydrogen-bond donors (Lipinski definition) is 2. The molecule has 5 nitrogen and oxygen atoms in total. The Balaban J connectivity index is 1.78. The van der Waals surface area contributed by atoms with Crippen LogP contribution in [-0.2, 0) is 6.54 Å². The Bertz CT molecular complexity index is 1000. The number of amidine groups is 1. The molecular weight excluding hydrogens is 404 g/mol. The van der Waals surface area contributed by atoms with Crippen molar-refractivity contribution >= 4 is 40.1 Å². The number of aromatic nitrogens is 1. The van der Waals surface area contributed by atoms with Gasteiger partial charge in [-0.05, 0) is 48.2 Å². The molecule has 148 valence electrons. The first kappa shape index (κ1) is 20.9. The fourth-order valence-corrected chi connectivity index (χ4v) is 3.15. The van der Waals surface area contributed by atoms with Crippen LogP contribution in [0.3, 0.4) is 0 Å². The third kappa shape index (κ3) is 5.59. The standard InChI is InChI=1S/C22H21ClN4OS/c1-28-18-11-5-15(6-12-18)14-26-22(29-2)27-21-19(4-3-13-25-21)20(24)16-7-9-17(23)10-8-16/h3-13,24H,14H2,1-2H3,(H,25,26,27). The Morgan fingerprint density at radius 1 is 1.14 bits per heavy atom. The quantitative estimate of drug-likeness (QED) is 0.405. The molecule has 0 radical (unpaired) electrons. The zero-order valence-electron chi connectivity index (χ0n) is 16.1. The summed E-state index contributed by atoms with van der Waals surface area (Å²) in [6.07, 6.45) is 3.65. The topological polar surface area (TPSA) is 70.4 Å². The maximum Gasteiger partial charge on any atom is 0.162 e. The molecule has 0 fully saturated rings. The molecule has 0 saturated carbocycles. The van der Waals surface area contributed by atoms with E-state index in [4.69, 9.17) is 21.7 Å². The number of ether oxygens (including phenoxy) is 1. The van der Waals surface area contributed by atoms with E-state index < -0.39 is 0 Å². The van der Waals surface area contributed by atoms with Gasteiger partial charge in [0, 0.05) is 22.3 Å². The molecule has 0 spiro atoms. The molecule has 0 amide bonds. The number of nitrogens with zero attached hydrogens (tertiary/aromatic N) is 2. The summed E-state index contributed by atoms with van der Waals surface area (Å²) in [6, 6.07) is 18.7. The molecule has 0 saturated heterocycles. The second kappa shape index (κ2) is 10.1. The first-order valence-corrected chi connectivity index (χ1v) is 10.5. The maximum atomic E-state index is 8.58. The molecule has 2 N–H and O–H groups in total. The minimum absolute atomic E-state index is 0.368. The van der Waals surface area contributed by atoms with Crippen molar-refractivity contribution in [1.29, 1.82) is 5.41 Å². The van der Waals surface area contributed by atoms with Crippen molar-refractivity contribution in [1.82, 2.24) is 4.98 Å². The van der Waals surface area contributed by atoms with Gasteiger partial charge >= 0.3 is 0 Å². The predicted molar refractivity (Wildman–Crippen MR) is 123 cm³/mol. The minimum Gasteiger partial charge on any atom is -0.497 e. The number of pyridine rings is 1. The minimum atomic E-state index is 0.368. The van der Waals surface area contributed by atoms with Gasteiger partial charge in [-0.3, -0.25) is 10.4 Å². The van der Waals surface area contributed by atoms with E-state index in [9.17, 15) is 0 Å². The van der Waals surface area contributed by atoms with Gasteiger partial charge in [0.2, 0.25) is 0 Å². The highest BCUT2D eigenvalue weighted by atomic mass is 35.5. The zero-order chi connectivity index (χ0) is 20.6. The summed E-state index contributed by atoms with van der Waals surface area (Å²) in [7, 11) is 1.65. The van der Waals surface area contributed by atoms with Gasteiger partial charge < -0.3 is 10.1 Å². The van der Waals surface area contributed by atoms with Crippen molar-refractivity contribution in [3.8, 4) is 5.75 Å². The van der Waals surface area contributed by atoms with Crippen molar-refractivity contribution < 1.29 is 4.74 Å². The van der Waals surface area contributed by atoms with Crippen LogP contribution in [0.2, 0.25) is 5.02 Å². The van der Waals surface area contributed by atoms with Crippen LogP contribution in [0.5, 0.6) is 5.75 Å². The fraction of sp³-hybridized carbons (Fsp3) is 0.136. The van der Waals surface area contributed by atoms with Gasteiger partial charge in [-0.1, -0.05) is 47.6 Å². The number of hydrogen-bond acceptors (Lipinski definition) is 5. The van der Waals surface area contributed by atoms with E-state index in [-0.39, 0.29) is 0 Å². The third-order valence-corrected chi connectivity index (χ3v) is 5.06. The van der Waals surface area contributed by atoms with Crippen LogP contribution in [0.25, 0.3) is 0 Å². The Morgan fingerprint density at radius 2 is 1.86 bits per heavy atom. The van der Waals surface area contributed by atoms with Crippen LogP contribution in [-0.4, -0.2) is 29.2 Å². The SMILES string of the molecule is COc1ccc(CN=C(Nc2ncccc2C(=N)c2ccc(Cl)cc2)SC)cc1.